The maximum absolute atomic E-state index is 5.13. The van der Waals surface area contributed by atoms with Crippen LogP contribution in [0, 0.1) is 12.3 Å². The van der Waals surface area contributed by atoms with Crippen LogP contribution in [0.5, 0.6) is 0 Å². The van der Waals surface area contributed by atoms with Gasteiger partial charge in [-0.15, -0.1) is 6.42 Å². The van der Waals surface area contributed by atoms with Gasteiger partial charge < -0.3 is 4.52 Å². The van der Waals surface area contributed by atoms with Crippen molar-refractivity contribution in [3.8, 4) is 12.3 Å². The summed E-state index contributed by atoms with van der Waals surface area (Å²) in [7, 11) is 0. The van der Waals surface area contributed by atoms with Crippen molar-refractivity contribution in [3.05, 3.63) is 47.6 Å². The minimum Gasteiger partial charge on any atom is -0.338 e. The lowest BCUT2D eigenvalue weighted by Gasteiger charge is -1.96. The number of nitrogens with one attached hydrogen (secondary N) is 1. The Morgan fingerprint density at radius 2 is 2.06 bits per heavy atom. The minimum absolute atomic E-state index is 0.502. The number of hydrogen-bond acceptors (Lipinski definition) is 4. The maximum atomic E-state index is 5.13. The second-order valence-corrected chi connectivity index (χ2v) is 3.90. The third-order valence-electron chi connectivity index (χ3n) is 2.49. The number of aryl methyl sites for hydroxylation is 2. The highest BCUT2D eigenvalue weighted by molar-refractivity contribution is 5.15. The van der Waals surface area contributed by atoms with E-state index in [0.29, 0.717) is 19.0 Å². The van der Waals surface area contributed by atoms with E-state index in [1.54, 1.807) is 0 Å². The Hall–Kier alpha value is -2.12. The van der Waals surface area contributed by atoms with Crippen LogP contribution in [-0.2, 0) is 19.4 Å². The highest BCUT2D eigenvalue weighted by Crippen LogP contribution is 2.05. The summed E-state index contributed by atoms with van der Waals surface area (Å²) in [6, 6.07) is 10.2. The number of rotatable bonds is 6. The Balaban J connectivity index is 1.82. The Kier molecular flexibility index (Phi) is 4.51. The van der Waals surface area contributed by atoms with Gasteiger partial charge in [0.05, 0.1) is 13.1 Å². The zero-order valence-electron chi connectivity index (χ0n) is 10.1. The summed E-state index contributed by atoms with van der Waals surface area (Å²) in [6.07, 6.45) is 6.83. The lowest BCUT2D eigenvalue weighted by molar-refractivity contribution is 0.365. The molecule has 1 aromatic carbocycles. The fraction of sp³-hybridized carbons (Fsp3) is 0.286. The molecule has 2 aromatic rings. The summed E-state index contributed by atoms with van der Waals surface area (Å²) in [4.78, 5) is 4.29. The lowest BCUT2D eigenvalue weighted by atomic mass is 10.1. The number of hydrogen-bond donors (Lipinski definition) is 1. The predicted octanol–water partition coefficient (Wildman–Crippen LogP) is 1.58. The van der Waals surface area contributed by atoms with Crippen molar-refractivity contribution >= 4 is 0 Å². The van der Waals surface area contributed by atoms with Crippen LogP contribution in [0.4, 0.5) is 0 Å². The van der Waals surface area contributed by atoms with Gasteiger partial charge in [-0.2, -0.15) is 4.98 Å². The van der Waals surface area contributed by atoms with Gasteiger partial charge in [-0.25, -0.2) is 0 Å². The first-order valence-corrected chi connectivity index (χ1v) is 5.88. The molecule has 92 valence electrons. The van der Waals surface area contributed by atoms with Crippen molar-refractivity contribution in [2.45, 2.75) is 19.4 Å². The Morgan fingerprint density at radius 1 is 1.22 bits per heavy atom. The van der Waals surface area contributed by atoms with Crippen LogP contribution in [0.3, 0.4) is 0 Å². The molecule has 18 heavy (non-hydrogen) atoms. The summed E-state index contributed by atoms with van der Waals surface area (Å²) < 4.78 is 5.11. The Morgan fingerprint density at radius 3 is 2.83 bits per heavy atom. The van der Waals surface area contributed by atoms with E-state index in [1.807, 2.05) is 18.2 Å². The second kappa shape index (κ2) is 6.58. The molecule has 4 heteroatoms. The van der Waals surface area contributed by atoms with E-state index in [-0.39, 0.29) is 0 Å². The topological polar surface area (TPSA) is 51.0 Å². The zero-order chi connectivity index (χ0) is 12.6. The van der Waals surface area contributed by atoms with E-state index in [1.165, 1.54) is 5.56 Å². The first-order chi connectivity index (χ1) is 8.88. The fourth-order valence-electron chi connectivity index (χ4n) is 1.61. The molecule has 0 aliphatic rings. The second-order valence-electron chi connectivity index (χ2n) is 3.90. The molecule has 0 spiro atoms. The van der Waals surface area contributed by atoms with Crippen LogP contribution in [0.25, 0.3) is 0 Å². The van der Waals surface area contributed by atoms with Gasteiger partial charge in [0.1, 0.15) is 0 Å². The van der Waals surface area contributed by atoms with Crippen molar-refractivity contribution in [1.29, 1.82) is 0 Å². The molecule has 1 N–H and O–H groups in total. The van der Waals surface area contributed by atoms with Crippen molar-refractivity contribution in [3.63, 3.8) is 0 Å². The van der Waals surface area contributed by atoms with Crippen LogP contribution in [-0.4, -0.2) is 16.7 Å². The third kappa shape index (κ3) is 3.72. The zero-order valence-corrected chi connectivity index (χ0v) is 10.1. The van der Waals surface area contributed by atoms with Crippen molar-refractivity contribution in [1.82, 2.24) is 15.5 Å². The van der Waals surface area contributed by atoms with E-state index in [4.69, 9.17) is 10.9 Å². The molecule has 0 saturated heterocycles. The van der Waals surface area contributed by atoms with Gasteiger partial charge in [0.2, 0.25) is 5.89 Å². The summed E-state index contributed by atoms with van der Waals surface area (Å²) in [5, 5.41) is 6.94. The Labute approximate surface area is 106 Å². The largest absolute Gasteiger partial charge is 0.338 e. The fourth-order valence-corrected chi connectivity index (χ4v) is 1.61. The SMILES string of the molecule is C#CCNCc1nc(CCc2ccccc2)no1. The number of nitrogens with zero attached hydrogens (tertiary/aromatic N) is 2. The average molecular weight is 241 g/mol. The van der Waals surface area contributed by atoms with E-state index in [0.717, 1.165) is 18.7 Å². The number of benzene rings is 1. The molecule has 0 radical (unpaired) electrons. The summed E-state index contributed by atoms with van der Waals surface area (Å²) >= 11 is 0. The highest BCUT2D eigenvalue weighted by atomic mass is 16.5. The van der Waals surface area contributed by atoms with E-state index in [2.05, 4.69) is 33.5 Å². The molecule has 0 atom stereocenters. The molecular formula is C14H15N3O. The van der Waals surface area contributed by atoms with Crippen LogP contribution < -0.4 is 5.32 Å². The average Bonchev–Trinajstić information content (AvgIpc) is 2.86. The molecule has 0 amide bonds. The minimum atomic E-state index is 0.502. The van der Waals surface area contributed by atoms with Gasteiger partial charge in [0.25, 0.3) is 0 Å². The Bertz CT molecular complexity index is 513. The van der Waals surface area contributed by atoms with E-state index >= 15 is 0 Å². The van der Waals surface area contributed by atoms with Crippen molar-refractivity contribution in [2.24, 2.45) is 0 Å². The molecule has 2 rings (SSSR count). The van der Waals surface area contributed by atoms with Gasteiger partial charge in [-0.1, -0.05) is 41.4 Å². The summed E-state index contributed by atoms with van der Waals surface area (Å²) in [6.45, 7) is 1.02. The monoisotopic (exact) mass is 241 g/mol. The standard InChI is InChI=1S/C14H15N3O/c1-2-10-15-11-14-16-13(17-18-14)9-8-12-6-4-3-5-7-12/h1,3-7,15H,8-11H2. The van der Waals surface area contributed by atoms with E-state index in [9.17, 15) is 0 Å². The molecule has 1 heterocycles. The molecule has 1 aromatic heterocycles. The van der Waals surface area contributed by atoms with Gasteiger partial charge in [0, 0.05) is 6.42 Å². The number of aromatic nitrogens is 2. The van der Waals surface area contributed by atoms with Crippen LogP contribution in [0.15, 0.2) is 34.9 Å². The smallest absolute Gasteiger partial charge is 0.240 e. The molecule has 0 aliphatic heterocycles. The van der Waals surface area contributed by atoms with Crippen molar-refractivity contribution in [2.75, 3.05) is 6.54 Å². The van der Waals surface area contributed by atoms with Crippen molar-refractivity contribution < 1.29 is 4.52 Å². The molecular weight excluding hydrogens is 226 g/mol. The van der Waals surface area contributed by atoms with Crippen LogP contribution in [0.1, 0.15) is 17.3 Å². The summed E-state index contributed by atoms with van der Waals surface area (Å²) in [5.41, 5.74) is 1.27. The molecule has 0 unspecified atom stereocenters. The lowest BCUT2D eigenvalue weighted by Crippen LogP contribution is -2.13. The highest BCUT2D eigenvalue weighted by Gasteiger charge is 2.05. The summed E-state index contributed by atoms with van der Waals surface area (Å²) in [5.74, 6) is 3.80. The number of terminal acetylenes is 1. The predicted molar refractivity (Wildman–Crippen MR) is 68.7 cm³/mol. The normalized spacial score (nSPS) is 10.2. The van der Waals surface area contributed by atoms with Gasteiger partial charge >= 0.3 is 0 Å². The molecule has 0 aliphatic carbocycles. The molecule has 0 fully saturated rings. The first kappa shape index (κ1) is 12.3. The first-order valence-electron chi connectivity index (χ1n) is 5.88. The van der Waals surface area contributed by atoms with Gasteiger partial charge in [-0.3, -0.25) is 5.32 Å². The third-order valence-corrected chi connectivity index (χ3v) is 2.49. The van der Waals surface area contributed by atoms with Crippen LogP contribution in [0.2, 0.25) is 0 Å². The van der Waals surface area contributed by atoms with Gasteiger partial charge in [-0.05, 0) is 12.0 Å². The van der Waals surface area contributed by atoms with Gasteiger partial charge in [0.15, 0.2) is 5.82 Å². The quantitative estimate of drug-likeness (QED) is 0.616. The van der Waals surface area contributed by atoms with E-state index < -0.39 is 0 Å². The molecule has 0 bridgehead atoms. The maximum Gasteiger partial charge on any atom is 0.240 e. The van der Waals surface area contributed by atoms with Crippen LogP contribution >= 0.6 is 0 Å². The molecule has 0 saturated carbocycles. The molecule has 4 nitrogen and oxygen atoms in total.